The number of aromatic nitrogens is 1. The smallest absolute Gasteiger partial charge is 0.339 e. The van der Waals surface area contributed by atoms with Crippen molar-refractivity contribution in [3.8, 4) is 0 Å². The number of hydrogen-bond donors (Lipinski definition) is 1. The molecular weight excluding hydrogens is 328 g/mol. The molecule has 5 heteroatoms. The lowest BCUT2D eigenvalue weighted by molar-refractivity contribution is -0.124. The Kier molecular flexibility index (Phi) is 5.55. The Morgan fingerprint density at radius 2 is 2.12 bits per heavy atom. The SMILES string of the molecule is CC[C@H](C)NC(=O)COC(=O)c1c2c(nc3ccccc13)CC[C@H](C)C2. The van der Waals surface area contributed by atoms with Crippen molar-refractivity contribution < 1.29 is 14.3 Å². The summed E-state index contributed by atoms with van der Waals surface area (Å²) in [4.78, 5) is 29.6. The third kappa shape index (κ3) is 3.87. The van der Waals surface area contributed by atoms with Crippen LogP contribution in [0.3, 0.4) is 0 Å². The van der Waals surface area contributed by atoms with Gasteiger partial charge in [-0.05, 0) is 50.2 Å². The minimum atomic E-state index is -0.437. The fraction of sp³-hybridized carbons (Fsp3) is 0.476. The number of nitrogens with zero attached hydrogens (tertiary/aromatic N) is 1. The first-order valence-corrected chi connectivity index (χ1v) is 9.36. The van der Waals surface area contributed by atoms with Crippen LogP contribution in [0.5, 0.6) is 0 Å². The number of benzene rings is 1. The molecular formula is C21H26N2O3. The largest absolute Gasteiger partial charge is 0.452 e. The molecule has 0 aliphatic heterocycles. The van der Waals surface area contributed by atoms with E-state index in [4.69, 9.17) is 9.72 Å². The minimum Gasteiger partial charge on any atom is -0.452 e. The van der Waals surface area contributed by atoms with Crippen LogP contribution in [-0.4, -0.2) is 29.5 Å². The number of aryl methyl sites for hydroxylation is 1. The number of rotatable bonds is 5. The molecule has 0 bridgehead atoms. The predicted molar refractivity (Wildman–Crippen MR) is 101 cm³/mol. The summed E-state index contributed by atoms with van der Waals surface area (Å²) in [6.07, 6.45) is 3.59. The van der Waals surface area contributed by atoms with Gasteiger partial charge in [-0.3, -0.25) is 9.78 Å². The molecule has 0 fully saturated rings. The molecule has 1 aliphatic rings. The molecule has 3 rings (SSSR count). The highest BCUT2D eigenvalue weighted by atomic mass is 16.5. The Labute approximate surface area is 154 Å². The van der Waals surface area contributed by atoms with Crippen LogP contribution in [0.15, 0.2) is 24.3 Å². The standard InChI is InChI=1S/C21H26N2O3/c1-4-14(3)22-19(24)12-26-21(25)20-15-7-5-6-8-17(15)23-18-10-9-13(2)11-16(18)20/h5-8,13-14H,4,9-12H2,1-3H3,(H,22,24)/t13-,14-/m0/s1. The minimum absolute atomic E-state index is 0.0663. The molecule has 5 nitrogen and oxygen atoms in total. The summed E-state index contributed by atoms with van der Waals surface area (Å²) < 4.78 is 5.37. The summed E-state index contributed by atoms with van der Waals surface area (Å²) in [5, 5.41) is 3.61. The van der Waals surface area contributed by atoms with Gasteiger partial charge in [0, 0.05) is 17.1 Å². The molecule has 2 aromatic rings. The van der Waals surface area contributed by atoms with Crippen molar-refractivity contribution in [2.75, 3.05) is 6.61 Å². The van der Waals surface area contributed by atoms with Gasteiger partial charge in [0.25, 0.3) is 5.91 Å². The number of hydrogen-bond acceptors (Lipinski definition) is 4. The summed E-state index contributed by atoms with van der Waals surface area (Å²) in [5.74, 6) is -0.202. The second kappa shape index (κ2) is 7.85. The first kappa shape index (κ1) is 18.4. The van der Waals surface area contributed by atoms with E-state index in [9.17, 15) is 9.59 Å². The Bertz CT molecular complexity index is 831. The second-order valence-electron chi connectivity index (χ2n) is 7.23. The number of pyridine rings is 1. The first-order valence-electron chi connectivity index (χ1n) is 9.36. The van der Waals surface area contributed by atoms with Gasteiger partial charge in [0.1, 0.15) is 0 Å². The maximum Gasteiger partial charge on any atom is 0.339 e. The molecule has 1 amide bonds. The van der Waals surface area contributed by atoms with E-state index in [-0.39, 0.29) is 18.6 Å². The molecule has 2 atom stereocenters. The monoisotopic (exact) mass is 354 g/mol. The van der Waals surface area contributed by atoms with Crippen molar-refractivity contribution in [3.05, 3.63) is 41.1 Å². The second-order valence-corrected chi connectivity index (χ2v) is 7.23. The van der Waals surface area contributed by atoms with E-state index in [1.54, 1.807) is 0 Å². The average molecular weight is 354 g/mol. The lowest BCUT2D eigenvalue weighted by atomic mass is 9.84. The summed E-state index contributed by atoms with van der Waals surface area (Å²) in [6, 6.07) is 7.70. The Hall–Kier alpha value is -2.43. The molecule has 138 valence electrons. The van der Waals surface area contributed by atoms with Gasteiger partial charge in [0.05, 0.1) is 11.1 Å². The number of carbonyl (C=O) groups excluding carboxylic acids is 2. The molecule has 1 aliphatic carbocycles. The quantitative estimate of drug-likeness (QED) is 0.835. The Morgan fingerprint density at radius 1 is 1.35 bits per heavy atom. The van der Waals surface area contributed by atoms with Gasteiger partial charge in [0.2, 0.25) is 0 Å². The van der Waals surface area contributed by atoms with Crippen LogP contribution in [0, 0.1) is 5.92 Å². The molecule has 1 N–H and O–H groups in total. The molecule has 1 aromatic heterocycles. The van der Waals surface area contributed by atoms with Crippen LogP contribution >= 0.6 is 0 Å². The van der Waals surface area contributed by atoms with Crippen LogP contribution in [0.25, 0.3) is 10.9 Å². The third-order valence-corrected chi connectivity index (χ3v) is 5.06. The zero-order valence-electron chi connectivity index (χ0n) is 15.7. The van der Waals surface area contributed by atoms with Crippen molar-refractivity contribution in [2.45, 2.75) is 52.5 Å². The molecule has 0 spiro atoms. The van der Waals surface area contributed by atoms with Gasteiger partial charge >= 0.3 is 5.97 Å². The molecule has 0 unspecified atom stereocenters. The lowest BCUT2D eigenvalue weighted by Crippen LogP contribution is -2.35. The van der Waals surface area contributed by atoms with Crippen molar-refractivity contribution >= 4 is 22.8 Å². The summed E-state index contributed by atoms with van der Waals surface area (Å²) in [5.41, 5.74) is 3.35. The molecule has 1 heterocycles. The fourth-order valence-corrected chi connectivity index (χ4v) is 3.42. The Morgan fingerprint density at radius 3 is 2.88 bits per heavy atom. The molecule has 26 heavy (non-hydrogen) atoms. The molecule has 0 radical (unpaired) electrons. The third-order valence-electron chi connectivity index (χ3n) is 5.06. The maximum atomic E-state index is 12.9. The van der Waals surface area contributed by atoms with Gasteiger partial charge in [-0.1, -0.05) is 32.0 Å². The van der Waals surface area contributed by atoms with Crippen molar-refractivity contribution in [2.24, 2.45) is 5.92 Å². The van der Waals surface area contributed by atoms with Gasteiger partial charge < -0.3 is 10.1 Å². The highest BCUT2D eigenvalue weighted by Crippen LogP contribution is 2.31. The normalized spacial score (nSPS) is 17.4. The number of amides is 1. The highest BCUT2D eigenvalue weighted by Gasteiger charge is 2.26. The van der Waals surface area contributed by atoms with E-state index >= 15 is 0 Å². The summed E-state index contributed by atoms with van der Waals surface area (Å²) in [6.45, 7) is 5.85. The number of carbonyl (C=O) groups is 2. The topological polar surface area (TPSA) is 68.3 Å². The Balaban J connectivity index is 1.89. The molecule has 0 saturated carbocycles. The summed E-state index contributed by atoms with van der Waals surface area (Å²) >= 11 is 0. The molecule has 1 aromatic carbocycles. The average Bonchev–Trinajstić information content (AvgIpc) is 2.64. The van der Waals surface area contributed by atoms with Crippen LogP contribution in [-0.2, 0) is 22.4 Å². The van der Waals surface area contributed by atoms with Crippen LogP contribution in [0.4, 0.5) is 0 Å². The predicted octanol–water partition coefficient (Wildman–Crippen LogP) is 3.43. The van der Waals surface area contributed by atoms with Crippen LogP contribution in [0.2, 0.25) is 0 Å². The van der Waals surface area contributed by atoms with Crippen molar-refractivity contribution in [1.82, 2.24) is 10.3 Å². The van der Waals surface area contributed by atoms with Gasteiger partial charge in [-0.25, -0.2) is 4.79 Å². The van der Waals surface area contributed by atoms with E-state index in [0.717, 1.165) is 47.8 Å². The van der Waals surface area contributed by atoms with Crippen LogP contribution < -0.4 is 5.32 Å². The van der Waals surface area contributed by atoms with Crippen molar-refractivity contribution in [1.29, 1.82) is 0 Å². The van der Waals surface area contributed by atoms with E-state index in [0.29, 0.717) is 11.5 Å². The van der Waals surface area contributed by atoms with Crippen molar-refractivity contribution in [3.63, 3.8) is 0 Å². The molecule has 0 saturated heterocycles. The first-order chi connectivity index (χ1) is 12.5. The highest BCUT2D eigenvalue weighted by molar-refractivity contribution is 6.05. The summed E-state index contributed by atoms with van der Waals surface area (Å²) in [7, 11) is 0. The van der Waals surface area contributed by atoms with E-state index in [1.165, 1.54) is 0 Å². The number of para-hydroxylation sites is 1. The van der Waals surface area contributed by atoms with Crippen LogP contribution in [0.1, 0.15) is 55.2 Å². The number of ether oxygens (including phenoxy) is 1. The van der Waals surface area contributed by atoms with Gasteiger partial charge in [-0.2, -0.15) is 0 Å². The zero-order valence-corrected chi connectivity index (χ0v) is 15.7. The fourth-order valence-electron chi connectivity index (χ4n) is 3.42. The number of esters is 1. The number of nitrogens with one attached hydrogen (secondary N) is 1. The van der Waals surface area contributed by atoms with E-state index < -0.39 is 5.97 Å². The van der Waals surface area contributed by atoms with Gasteiger partial charge in [0.15, 0.2) is 6.61 Å². The maximum absolute atomic E-state index is 12.9. The lowest BCUT2D eigenvalue weighted by Gasteiger charge is -2.24. The van der Waals surface area contributed by atoms with E-state index in [2.05, 4.69) is 12.2 Å². The van der Waals surface area contributed by atoms with Gasteiger partial charge in [-0.15, -0.1) is 0 Å². The zero-order chi connectivity index (χ0) is 18.7. The van der Waals surface area contributed by atoms with E-state index in [1.807, 2.05) is 38.1 Å². The number of fused-ring (bicyclic) bond motifs is 2.